The number of aromatic nitrogens is 3. The lowest BCUT2D eigenvalue weighted by atomic mass is 10.00. The number of H-pyrrole nitrogens is 1. The Kier molecular flexibility index (Phi) is 5.86. The summed E-state index contributed by atoms with van der Waals surface area (Å²) < 4.78 is 37.3. The molecule has 162 valence electrons. The van der Waals surface area contributed by atoms with Crippen LogP contribution in [0.2, 0.25) is 0 Å². The van der Waals surface area contributed by atoms with Crippen molar-refractivity contribution in [3.8, 4) is 16.9 Å². The highest BCUT2D eigenvalue weighted by atomic mass is 19.4. The first-order chi connectivity index (χ1) is 14.6. The summed E-state index contributed by atoms with van der Waals surface area (Å²) in [7, 11) is 0. The number of benzene rings is 2. The molecule has 4 rings (SSSR count). The number of ether oxygens (including phenoxy) is 1. The number of carboxylic acid groups (broad SMARTS) is 1. The van der Waals surface area contributed by atoms with Crippen LogP contribution in [0.1, 0.15) is 6.92 Å². The number of anilines is 2. The molecule has 4 aromatic rings. The molecule has 0 radical (unpaired) electrons. The molecule has 31 heavy (non-hydrogen) atoms. The number of halogens is 3. The van der Waals surface area contributed by atoms with Crippen molar-refractivity contribution in [2.24, 2.45) is 0 Å². The van der Waals surface area contributed by atoms with Gasteiger partial charge in [-0.25, -0.2) is 4.79 Å². The third-order valence-electron chi connectivity index (χ3n) is 4.24. The van der Waals surface area contributed by atoms with Gasteiger partial charge in [0.15, 0.2) is 5.95 Å². The van der Waals surface area contributed by atoms with E-state index in [-0.39, 0.29) is 5.95 Å². The Morgan fingerprint density at radius 3 is 2.58 bits per heavy atom. The first-order valence-electron chi connectivity index (χ1n) is 8.97. The number of nitrogens with zero attached hydrogens (tertiary/aromatic N) is 2. The summed E-state index contributed by atoms with van der Waals surface area (Å²) in [4.78, 5) is 20.6. The van der Waals surface area contributed by atoms with E-state index in [9.17, 15) is 13.2 Å². The molecule has 6 N–H and O–H groups in total. The van der Waals surface area contributed by atoms with Crippen LogP contribution >= 0.6 is 0 Å². The SMILES string of the molecule is CCOc1cccc(-c2cc3[nH]c(N)nc(N)c3c3ccnc23)c1.O=C(O)C(F)(F)F. The molecule has 0 atom stereocenters. The molecular weight excluding hydrogens is 415 g/mol. The van der Waals surface area contributed by atoms with Crippen molar-refractivity contribution in [2.45, 2.75) is 13.1 Å². The Morgan fingerprint density at radius 1 is 1.23 bits per heavy atom. The molecule has 0 spiro atoms. The van der Waals surface area contributed by atoms with Gasteiger partial charge in [0.25, 0.3) is 0 Å². The van der Waals surface area contributed by atoms with Crippen LogP contribution in [0.3, 0.4) is 0 Å². The number of carboxylic acids is 1. The maximum absolute atomic E-state index is 10.6. The Balaban J connectivity index is 0.000000339. The summed E-state index contributed by atoms with van der Waals surface area (Å²) in [6.07, 6.45) is -3.31. The number of rotatable bonds is 3. The normalized spacial score (nSPS) is 11.2. The highest BCUT2D eigenvalue weighted by Gasteiger charge is 2.38. The third-order valence-corrected chi connectivity index (χ3v) is 4.24. The van der Waals surface area contributed by atoms with Gasteiger partial charge in [-0.15, -0.1) is 0 Å². The van der Waals surface area contributed by atoms with Crippen molar-refractivity contribution in [3.05, 3.63) is 42.6 Å². The predicted octanol–water partition coefficient (Wildman–Crippen LogP) is 3.97. The van der Waals surface area contributed by atoms with Gasteiger partial charge in [0.2, 0.25) is 0 Å². The molecule has 2 heterocycles. The molecule has 0 aliphatic rings. The number of alkyl halides is 3. The molecular formula is C20H18F3N5O3. The van der Waals surface area contributed by atoms with E-state index < -0.39 is 12.1 Å². The van der Waals surface area contributed by atoms with Crippen molar-refractivity contribution < 1.29 is 27.8 Å². The second kappa shape index (κ2) is 8.38. The van der Waals surface area contributed by atoms with E-state index in [0.29, 0.717) is 12.4 Å². The molecule has 0 aliphatic carbocycles. The Morgan fingerprint density at radius 2 is 1.94 bits per heavy atom. The van der Waals surface area contributed by atoms with Crippen molar-refractivity contribution in [2.75, 3.05) is 18.1 Å². The largest absolute Gasteiger partial charge is 0.494 e. The van der Waals surface area contributed by atoms with Crippen molar-refractivity contribution >= 4 is 39.5 Å². The van der Waals surface area contributed by atoms with Crippen molar-refractivity contribution in [3.63, 3.8) is 0 Å². The maximum atomic E-state index is 10.6. The van der Waals surface area contributed by atoms with E-state index in [1.54, 1.807) is 6.20 Å². The van der Waals surface area contributed by atoms with Gasteiger partial charge in [-0.3, -0.25) is 4.98 Å². The third kappa shape index (κ3) is 4.60. The van der Waals surface area contributed by atoms with Crippen LogP contribution in [0.5, 0.6) is 5.75 Å². The van der Waals surface area contributed by atoms with Crippen LogP contribution in [0.15, 0.2) is 42.6 Å². The van der Waals surface area contributed by atoms with E-state index in [2.05, 4.69) is 15.0 Å². The van der Waals surface area contributed by atoms with Crippen LogP contribution in [0.4, 0.5) is 24.9 Å². The number of nitrogen functional groups attached to an aromatic ring is 2. The number of carbonyl (C=O) groups is 1. The summed E-state index contributed by atoms with van der Waals surface area (Å²) in [5.41, 5.74) is 15.6. The summed E-state index contributed by atoms with van der Waals surface area (Å²) in [5, 5.41) is 8.91. The summed E-state index contributed by atoms with van der Waals surface area (Å²) >= 11 is 0. The zero-order valence-corrected chi connectivity index (χ0v) is 16.2. The molecule has 0 fully saturated rings. The van der Waals surface area contributed by atoms with Crippen LogP contribution in [0.25, 0.3) is 32.9 Å². The number of nitrogens with one attached hydrogen (secondary N) is 1. The van der Waals surface area contributed by atoms with Crippen molar-refractivity contribution in [1.29, 1.82) is 0 Å². The topological polar surface area (TPSA) is 140 Å². The van der Waals surface area contributed by atoms with E-state index in [0.717, 1.165) is 38.7 Å². The molecule has 0 amide bonds. The Labute approximate surface area is 173 Å². The second-order valence-corrected chi connectivity index (χ2v) is 6.32. The molecule has 0 unspecified atom stereocenters. The van der Waals surface area contributed by atoms with E-state index in [4.69, 9.17) is 26.1 Å². The van der Waals surface area contributed by atoms with E-state index in [1.807, 2.05) is 43.3 Å². The number of hydrogen-bond donors (Lipinski definition) is 4. The lowest BCUT2D eigenvalue weighted by Gasteiger charge is -2.11. The standard InChI is InChI=1S/C18H17N5O.C2HF3O2/c1-2-24-11-5-3-4-10(8-11)13-9-14-15(12-6-7-21-16(12)13)17(19)23-18(20)22-14;3-2(4,5)1(6)7/h3-9H,2,19H2,1H3,(H3,20,22,23);(H,6,7). The zero-order chi connectivity index (χ0) is 22.8. The fraction of sp³-hybridized carbons (Fsp3) is 0.150. The van der Waals surface area contributed by atoms with Gasteiger partial charge < -0.3 is 26.3 Å². The van der Waals surface area contributed by atoms with Crippen molar-refractivity contribution in [1.82, 2.24) is 15.0 Å². The monoisotopic (exact) mass is 433 g/mol. The summed E-state index contributed by atoms with van der Waals surface area (Å²) in [5.74, 6) is -1.25. The molecule has 0 bridgehead atoms. The smallest absolute Gasteiger partial charge is 0.490 e. The van der Waals surface area contributed by atoms with Crippen LogP contribution in [0, 0.1) is 0 Å². The van der Waals surface area contributed by atoms with Crippen LogP contribution in [-0.2, 0) is 4.79 Å². The van der Waals surface area contributed by atoms with Gasteiger partial charge in [-0.05, 0) is 36.8 Å². The highest BCUT2D eigenvalue weighted by molar-refractivity contribution is 6.15. The Hall–Kier alpha value is -4.02. The first kappa shape index (κ1) is 21.7. The minimum atomic E-state index is -5.08. The quantitative estimate of drug-likeness (QED) is 0.383. The van der Waals surface area contributed by atoms with Gasteiger partial charge >= 0.3 is 12.1 Å². The number of nitrogens with two attached hydrogens (primary N) is 2. The highest BCUT2D eigenvalue weighted by Crippen LogP contribution is 2.36. The average molecular weight is 433 g/mol. The average Bonchev–Trinajstić information content (AvgIpc) is 3.16. The lowest BCUT2D eigenvalue weighted by Crippen LogP contribution is -2.21. The minimum Gasteiger partial charge on any atom is -0.494 e. The number of aromatic amines is 1. The molecule has 0 saturated carbocycles. The number of fused-ring (bicyclic) bond motifs is 3. The van der Waals surface area contributed by atoms with Crippen LogP contribution in [-0.4, -0.2) is 38.8 Å². The first-order valence-corrected chi connectivity index (χ1v) is 8.97. The molecule has 11 heteroatoms. The molecule has 2 aromatic carbocycles. The van der Waals surface area contributed by atoms with Crippen LogP contribution < -0.4 is 16.2 Å². The fourth-order valence-electron chi connectivity index (χ4n) is 3.05. The van der Waals surface area contributed by atoms with Gasteiger partial charge in [0.05, 0.1) is 17.6 Å². The lowest BCUT2D eigenvalue weighted by molar-refractivity contribution is -0.192. The molecule has 2 aromatic heterocycles. The number of hydrogen-bond acceptors (Lipinski definition) is 6. The predicted molar refractivity (Wildman–Crippen MR) is 111 cm³/mol. The van der Waals surface area contributed by atoms with Gasteiger partial charge in [0, 0.05) is 22.5 Å². The summed E-state index contributed by atoms with van der Waals surface area (Å²) in [6.45, 7) is 2.59. The molecule has 0 saturated heterocycles. The molecule has 0 aliphatic heterocycles. The van der Waals surface area contributed by atoms with E-state index in [1.165, 1.54) is 0 Å². The zero-order valence-electron chi connectivity index (χ0n) is 16.2. The summed E-state index contributed by atoms with van der Waals surface area (Å²) in [6, 6.07) is 11.9. The van der Waals surface area contributed by atoms with Gasteiger partial charge in [-0.1, -0.05) is 12.1 Å². The van der Waals surface area contributed by atoms with Gasteiger partial charge in [0.1, 0.15) is 11.6 Å². The minimum absolute atomic E-state index is 0.285. The number of aliphatic carboxylic acids is 1. The fourth-order valence-corrected chi connectivity index (χ4v) is 3.05. The Bertz CT molecular complexity index is 1250. The molecule has 8 nitrogen and oxygen atoms in total. The maximum Gasteiger partial charge on any atom is 0.490 e. The van der Waals surface area contributed by atoms with Gasteiger partial charge in [-0.2, -0.15) is 18.2 Å². The second-order valence-electron chi connectivity index (χ2n) is 6.32. The van der Waals surface area contributed by atoms with E-state index >= 15 is 0 Å².